The van der Waals surface area contributed by atoms with Gasteiger partial charge < -0.3 is 4.74 Å². The van der Waals surface area contributed by atoms with Crippen molar-refractivity contribution in [1.82, 2.24) is 8.96 Å². The molecular formula is C18H18N2O3S. The maximum absolute atomic E-state index is 13.0. The van der Waals surface area contributed by atoms with Gasteiger partial charge in [-0.05, 0) is 38.1 Å². The molecule has 0 bridgehead atoms. The minimum Gasteiger partial charge on any atom is -0.494 e. The van der Waals surface area contributed by atoms with Gasteiger partial charge in [-0.2, -0.15) is 0 Å². The van der Waals surface area contributed by atoms with E-state index >= 15 is 0 Å². The third-order valence-electron chi connectivity index (χ3n) is 3.52. The molecule has 3 aromatic rings. The van der Waals surface area contributed by atoms with E-state index in [4.69, 9.17) is 4.74 Å². The highest BCUT2D eigenvalue weighted by Gasteiger charge is 2.22. The van der Waals surface area contributed by atoms with Crippen molar-refractivity contribution in [2.24, 2.45) is 0 Å². The van der Waals surface area contributed by atoms with Gasteiger partial charge >= 0.3 is 0 Å². The molecule has 0 aliphatic rings. The molecule has 0 amide bonds. The van der Waals surface area contributed by atoms with E-state index in [9.17, 15) is 8.42 Å². The number of aromatic nitrogens is 2. The number of ether oxygens (including phenoxy) is 1. The first-order chi connectivity index (χ1) is 11.5. The zero-order valence-electron chi connectivity index (χ0n) is 13.5. The number of aryl methyl sites for hydroxylation is 1. The van der Waals surface area contributed by atoms with Crippen molar-refractivity contribution >= 4 is 10.0 Å². The molecule has 0 N–H and O–H groups in total. The lowest BCUT2D eigenvalue weighted by atomic mass is 10.2. The molecule has 0 fully saturated rings. The highest BCUT2D eigenvalue weighted by atomic mass is 32.2. The van der Waals surface area contributed by atoms with Crippen LogP contribution in [0.5, 0.6) is 5.75 Å². The highest BCUT2D eigenvalue weighted by molar-refractivity contribution is 7.90. The van der Waals surface area contributed by atoms with Gasteiger partial charge in [-0.1, -0.05) is 30.3 Å². The van der Waals surface area contributed by atoms with Crippen molar-refractivity contribution < 1.29 is 13.2 Å². The first-order valence-corrected chi connectivity index (χ1v) is 9.06. The fourth-order valence-corrected chi connectivity index (χ4v) is 3.80. The molecule has 5 nitrogen and oxygen atoms in total. The Morgan fingerprint density at radius 2 is 1.71 bits per heavy atom. The Morgan fingerprint density at radius 1 is 1.04 bits per heavy atom. The van der Waals surface area contributed by atoms with Crippen LogP contribution in [-0.4, -0.2) is 24.0 Å². The largest absolute Gasteiger partial charge is 0.494 e. The standard InChI is InChI=1S/C18H18N2O3S/c1-3-23-16-9-11-17(12-10-16)24(21,22)20-13-14(2)19-18(20)15-7-5-4-6-8-15/h4-13H,3H2,1-2H3. The SMILES string of the molecule is CCOc1ccc(S(=O)(=O)n2cc(C)nc2-c2ccccc2)cc1. The first kappa shape index (κ1) is 16.3. The zero-order chi connectivity index (χ0) is 17.2. The normalized spacial score (nSPS) is 11.4. The third-order valence-corrected chi connectivity index (χ3v) is 5.18. The Morgan fingerprint density at radius 3 is 2.33 bits per heavy atom. The Bertz CT molecular complexity index is 930. The van der Waals surface area contributed by atoms with Crippen LogP contribution in [0.3, 0.4) is 0 Å². The van der Waals surface area contributed by atoms with Crippen molar-refractivity contribution in [3.8, 4) is 17.1 Å². The lowest BCUT2D eigenvalue weighted by Gasteiger charge is -2.10. The van der Waals surface area contributed by atoms with Crippen LogP contribution in [-0.2, 0) is 10.0 Å². The Kier molecular flexibility index (Phi) is 4.40. The summed E-state index contributed by atoms with van der Waals surface area (Å²) in [4.78, 5) is 4.57. The molecule has 124 valence electrons. The number of imidazole rings is 1. The molecule has 1 heterocycles. The number of hydrogen-bond acceptors (Lipinski definition) is 4. The van der Waals surface area contributed by atoms with E-state index in [1.807, 2.05) is 37.3 Å². The average molecular weight is 342 g/mol. The molecule has 0 spiro atoms. The predicted molar refractivity (Wildman–Crippen MR) is 92.6 cm³/mol. The molecule has 0 saturated carbocycles. The van der Waals surface area contributed by atoms with Gasteiger partial charge in [-0.25, -0.2) is 17.4 Å². The second-order valence-electron chi connectivity index (χ2n) is 5.28. The molecule has 0 saturated heterocycles. The van der Waals surface area contributed by atoms with Crippen molar-refractivity contribution in [3.63, 3.8) is 0 Å². The zero-order valence-corrected chi connectivity index (χ0v) is 14.3. The van der Waals surface area contributed by atoms with E-state index in [0.717, 1.165) is 5.56 Å². The van der Waals surface area contributed by atoms with E-state index in [0.29, 0.717) is 23.9 Å². The lowest BCUT2D eigenvalue weighted by Crippen LogP contribution is -2.13. The summed E-state index contributed by atoms with van der Waals surface area (Å²) in [6, 6.07) is 15.7. The quantitative estimate of drug-likeness (QED) is 0.712. The van der Waals surface area contributed by atoms with Crippen molar-refractivity contribution in [1.29, 1.82) is 0 Å². The summed E-state index contributed by atoms with van der Waals surface area (Å²) in [7, 11) is -3.73. The lowest BCUT2D eigenvalue weighted by molar-refractivity contribution is 0.340. The minimum atomic E-state index is -3.73. The van der Waals surface area contributed by atoms with Crippen LogP contribution in [0.25, 0.3) is 11.4 Å². The van der Waals surface area contributed by atoms with Crippen molar-refractivity contribution in [2.75, 3.05) is 6.61 Å². The molecule has 0 aliphatic heterocycles. The number of hydrogen-bond donors (Lipinski definition) is 0. The third kappa shape index (κ3) is 3.05. The molecule has 0 aliphatic carbocycles. The summed E-state index contributed by atoms with van der Waals surface area (Å²) >= 11 is 0. The molecule has 6 heteroatoms. The summed E-state index contributed by atoms with van der Waals surface area (Å²) < 4.78 is 32.6. The number of rotatable bonds is 5. The fraction of sp³-hybridized carbons (Fsp3) is 0.167. The number of nitrogens with zero attached hydrogens (tertiary/aromatic N) is 2. The Labute approximate surface area is 141 Å². The van der Waals surface area contributed by atoms with E-state index in [1.54, 1.807) is 31.2 Å². The van der Waals surface area contributed by atoms with E-state index in [-0.39, 0.29) is 4.90 Å². The second kappa shape index (κ2) is 6.49. The van der Waals surface area contributed by atoms with E-state index in [2.05, 4.69) is 4.98 Å². The molecule has 0 radical (unpaired) electrons. The van der Waals surface area contributed by atoms with Crippen molar-refractivity contribution in [3.05, 3.63) is 66.5 Å². The van der Waals surface area contributed by atoms with Gasteiger partial charge in [0.25, 0.3) is 10.0 Å². The minimum absolute atomic E-state index is 0.195. The van der Waals surface area contributed by atoms with Crippen LogP contribution in [0.2, 0.25) is 0 Å². The van der Waals surface area contributed by atoms with Crippen LogP contribution in [0.4, 0.5) is 0 Å². The van der Waals surface area contributed by atoms with Gasteiger partial charge in [-0.3, -0.25) is 0 Å². The summed E-state index contributed by atoms with van der Waals surface area (Å²) in [5.74, 6) is 1.04. The van der Waals surface area contributed by atoms with Gasteiger partial charge in [0.1, 0.15) is 5.75 Å². The fourth-order valence-electron chi connectivity index (χ4n) is 2.43. The van der Waals surface area contributed by atoms with E-state index in [1.165, 1.54) is 10.2 Å². The van der Waals surface area contributed by atoms with Crippen LogP contribution in [0, 0.1) is 6.92 Å². The van der Waals surface area contributed by atoms with Crippen LogP contribution < -0.4 is 4.74 Å². The average Bonchev–Trinajstić information content (AvgIpc) is 2.99. The summed E-state index contributed by atoms with van der Waals surface area (Å²) in [6.45, 7) is 4.19. The van der Waals surface area contributed by atoms with Crippen LogP contribution >= 0.6 is 0 Å². The molecule has 24 heavy (non-hydrogen) atoms. The van der Waals surface area contributed by atoms with Gasteiger partial charge in [0, 0.05) is 11.8 Å². The van der Waals surface area contributed by atoms with Gasteiger partial charge in [0.05, 0.1) is 17.2 Å². The first-order valence-electron chi connectivity index (χ1n) is 7.62. The Hall–Kier alpha value is -2.60. The predicted octanol–water partition coefficient (Wildman–Crippen LogP) is 3.49. The molecule has 0 unspecified atom stereocenters. The maximum Gasteiger partial charge on any atom is 0.269 e. The second-order valence-corrected chi connectivity index (χ2v) is 7.09. The van der Waals surface area contributed by atoms with Gasteiger partial charge in [0.15, 0.2) is 5.82 Å². The summed E-state index contributed by atoms with van der Waals surface area (Å²) in [5, 5.41) is 0. The Balaban J connectivity index is 2.08. The van der Waals surface area contributed by atoms with Gasteiger partial charge in [-0.15, -0.1) is 0 Å². The smallest absolute Gasteiger partial charge is 0.269 e. The molecule has 0 atom stereocenters. The van der Waals surface area contributed by atoms with Crippen molar-refractivity contribution in [2.45, 2.75) is 18.7 Å². The summed E-state index contributed by atoms with van der Waals surface area (Å²) in [6.07, 6.45) is 1.54. The van der Waals surface area contributed by atoms with Crippen LogP contribution in [0.15, 0.2) is 65.7 Å². The molecule has 3 rings (SSSR count). The maximum atomic E-state index is 13.0. The molecule has 2 aromatic carbocycles. The topological polar surface area (TPSA) is 61.2 Å². The highest BCUT2D eigenvalue weighted by Crippen LogP contribution is 2.25. The number of benzene rings is 2. The molecule has 1 aromatic heterocycles. The van der Waals surface area contributed by atoms with Crippen LogP contribution in [0.1, 0.15) is 12.6 Å². The molecular weight excluding hydrogens is 324 g/mol. The van der Waals surface area contributed by atoms with E-state index < -0.39 is 10.0 Å². The summed E-state index contributed by atoms with van der Waals surface area (Å²) in [5.41, 5.74) is 1.39. The van der Waals surface area contributed by atoms with Gasteiger partial charge in [0.2, 0.25) is 0 Å². The monoisotopic (exact) mass is 342 g/mol.